The van der Waals surface area contributed by atoms with Gasteiger partial charge in [0.2, 0.25) is 5.91 Å². The molecule has 1 aliphatic heterocycles. The number of piperidine rings is 1. The molecule has 1 atom stereocenters. The van der Waals surface area contributed by atoms with E-state index in [1.54, 1.807) is 0 Å². The van der Waals surface area contributed by atoms with Crippen LogP contribution in [0, 0.1) is 5.92 Å². The van der Waals surface area contributed by atoms with Crippen molar-refractivity contribution in [1.29, 1.82) is 0 Å². The van der Waals surface area contributed by atoms with E-state index >= 15 is 0 Å². The molecule has 0 bridgehead atoms. The Hall–Kier alpha value is -1.26. The van der Waals surface area contributed by atoms with Gasteiger partial charge in [0.15, 0.2) is 0 Å². The number of rotatable bonds is 5. The van der Waals surface area contributed by atoms with Gasteiger partial charge in [0.25, 0.3) is 0 Å². The first kappa shape index (κ1) is 19.1. The first-order valence-corrected chi connectivity index (χ1v) is 9.05. The number of amides is 1. The summed E-state index contributed by atoms with van der Waals surface area (Å²) in [6.45, 7) is 2.44. The normalized spacial score (nSPS) is 21.6. The summed E-state index contributed by atoms with van der Waals surface area (Å²) in [5.74, 6) is 1.24. The van der Waals surface area contributed by atoms with Crippen molar-refractivity contribution in [2.45, 2.75) is 57.6 Å². The number of nitrogens with one attached hydrogen (secondary N) is 2. The van der Waals surface area contributed by atoms with Crippen molar-refractivity contribution in [1.82, 2.24) is 10.6 Å². The van der Waals surface area contributed by atoms with Crippen molar-refractivity contribution in [3.05, 3.63) is 29.8 Å². The molecule has 1 aromatic carbocycles. The fourth-order valence-corrected chi connectivity index (χ4v) is 3.47. The third-order valence-corrected chi connectivity index (χ3v) is 4.91. The van der Waals surface area contributed by atoms with Gasteiger partial charge in [-0.05, 0) is 62.8 Å². The van der Waals surface area contributed by atoms with Crippen LogP contribution in [0.25, 0.3) is 0 Å². The third-order valence-electron chi connectivity index (χ3n) is 4.91. The van der Waals surface area contributed by atoms with Crippen LogP contribution in [0.3, 0.4) is 0 Å². The van der Waals surface area contributed by atoms with Crippen molar-refractivity contribution in [3.8, 4) is 5.75 Å². The van der Waals surface area contributed by atoms with E-state index in [9.17, 15) is 4.79 Å². The second kappa shape index (κ2) is 9.90. The predicted octanol–water partition coefficient (Wildman–Crippen LogP) is 3.44. The molecule has 4 nitrogen and oxygen atoms in total. The Labute approximate surface area is 151 Å². The molecule has 24 heavy (non-hydrogen) atoms. The maximum atomic E-state index is 12.1. The van der Waals surface area contributed by atoms with Gasteiger partial charge in [0.05, 0.1) is 12.0 Å². The summed E-state index contributed by atoms with van der Waals surface area (Å²) in [6.07, 6.45) is 8.72. The van der Waals surface area contributed by atoms with Gasteiger partial charge >= 0.3 is 0 Å². The predicted molar refractivity (Wildman–Crippen MR) is 98.6 cm³/mol. The number of benzene rings is 1. The average molecular weight is 353 g/mol. The molecule has 1 amide bonds. The molecule has 1 aromatic rings. The Morgan fingerprint density at radius 2 is 1.83 bits per heavy atom. The van der Waals surface area contributed by atoms with E-state index in [-0.39, 0.29) is 24.2 Å². The van der Waals surface area contributed by atoms with Gasteiger partial charge in [0.1, 0.15) is 5.75 Å². The molecule has 134 valence electrons. The minimum atomic E-state index is 0. The van der Waals surface area contributed by atoms with E-state index < -0.39 is 0 Å². The van der Waals surface area contributed by atoms with Crippen LogP contribution < -0.4 is 15.4 Å². The lowest BCUT2D eigenvalue weighted by molar-refractivity contribution is -0.125. The summed E-state index contributed by atoms with van der Waals surface area (Å²) >= 11 is 0. The highest BCUT2D eigenvalue weighted by Crippen LogP contribution is 2.23. The van der Waals surface area contributed by atoms with Crippen molar-refractivity contribution in [3.63, 3.8) is 0 Å². The lowest BCUT2D eigenvalue weighted by atomic mass is 9.98. The second-order valence-corrected chi connectivity index (χ2v) is 6.78. The van der Waals surface area contributed by atoms with Crippen molar-refractivity contribution in [2.24, 2.45) is 5.92 Å². The Kier molecular flexibility index (Phi) is 7.86. The fourth-order valence-electron chi connectivity index (χ4n) is 3.47. The minimum Gasteiger partial charge on any atom is -0.490 e. The highest BCUT2D eigenvalue weighted by Gasteiger charge is 2.20. The molecule has 1 heterocycles. The van der Waals surface area contributed by atoms with Crippen LogP contribution in [0.4, 0.5) is 0 Å². The number of carbonyl (C=O) groups excluding carboxylic acids is 1. The zero-order chi connectivity index (χ0) is 15.9. The molecule has 2 fully saturated rings. The molecule has 0 spiro atoms. The molecule has 2 aliphatic rings. The minimum absolute atomic E-state index is 0. The molecule has 1 unspecified atom stereocenters. The van der Waals surface area contributed by atoms with E-state index in [1.165, 1.54) is 32.1 Å². The van der Waals surface area contributed by atoms with E-state index in [2.05, 4.69) is 22.8 Å². The van der Waals surface area contributed by atoms with Crippen LogP contribution in [-0.2, 0) is 11.3 Å². The number of halogens is 1. The third kappa shape index (κ3) is 5.67. The van der Waals surface area contributed by atoms with Gasteiger partial charge in [-0.25, -0.2) is 0 Å². The number of carbonyl (C=O) groups is 1. The maximum Gasteiger partial charge on any atom is 0.224 e. The fraction of sp³-hybridized carbons (Fsp3) is 0.632. The zero-order valence-corrected chi connectivity index (χ0v) is 15.1. The van der Waals surface area contributed by atoms with E-state index in [0.29, 0.717) is 12.6 Å². The topological polar surface area (TPSA) is 50.4 Å². The average Bonchev–Trinajstić information content (AvgIpc) is 2.62. The summed E-state index contributed by atoms with van der Waals surface area (Å²) in [6, 6.07) is 8.16. The van der Waals surface area contributed by atoms with Crippen LogP contribution >= 0.6 is 12.4 Å². The Morgan fingerprint density at radius 1 is 1.08 bits per heavy atom. The van der Waals surface area contributed by atoms with Gasteiger partial charge in [-0.3, -0.25) is 4.79 Å². The molecule has 1 saturated heterocycles. The Morgan fingerprint density at radius 3 is 2.50 bits per heavy atom. The van der Waals surface area contributed by atoms with Crippen LogP contribution in [-0.4, -0.2) is 25.1 Å². The van der Waals surface area contributed by atoms with Gasteiger partial charge in [-0.2, -0.15) is 0 Å². The summed E-state index contributed by atoms with van der Waals surface area (Å²) < 4.78 is 6.04. The largest absolute Gasteiger partial charge is 0.490 e. The number of ether oxygens (including phenoxy) is 1. The molecule has 3 rings (SSSR count). The number of hydrogen-bond donors (Lipinski definition) is 2. The first-order chi connectivity index (χ1) is 11.3. The molecular weight excluding hydrogens is 324 g/mol. The Bertz CT molecular complexity index is 495. The Balaban J connectivity index is 0.00000208. The molecule has 5 heteroatoms. The van der Waals surface area contributed by atoms with Gasteiger partial charge < -0.3 is 15.4 Å². The first-order valence-electron chi connectivity index (χ1n) is 9.05. The summed E-state index contributed by atoms with van der Waals surface area (Å²) in [5.41, 5.74) is 1.12. The van der Waals surface area contributed by atoms with Gasteiger partial charge in [-0.1, -0.05) is 18.6 Å². The molecular formula is C19H29ClN2O2. The summed E-state index contributed by atoms with van der Waals surface area (Å²) in [5, 5.41) is 6.33. The lowest BCUT2D eigenvalue weighted by Crippen LogP contribution is -2.40. The number of hydrogen-bond acceptors (Lipinski definition) is 3. The van der Waals surface area contributed by atoms with Crippen LogP contribution in [0.1, 0.15) is 50.5 Å². The highest BCUT2D eigenvalue weighted by molar-refractivity contribution is 5.85. The van der Waals surface area contributed by atoms with Crippen molar-refractivity contribution in [2.75, 3.05) is 13.1 Å². The van der Waals surface area contributed by atoms with Gasteiger partial charge in [-0.15, -0.1) is 12.4 Å². The van der Waals surface area contributed by atoms with Gasteiger partial charge in [0, 0.05) is 13.1 Å². The summed E-state index contributed by atoms with van der Waals surface area (Å²) in [4.78, 5) is 12.1. The highest BCUT2D eigenvalue weighted by atomic mass is 35.5. The maximum absolute atomic E-state index is 12.1. The monoisotopic (exact) mass is 352 g/mol. The van der Waals surface area contributed by atoms with Crippen LogP contribution in [0.2, 0.25) is 0 Å². The van der Waals surface area contributed by atoms with Crippen molar-refractivity contribution < 1.29 is 9.53 Å². The molecule has 1 saturated carbocycles. The van der Waals surface area contributed by atoms with Crippen LogP contribution in [0.15, 0.2) is 24.3 Å². The molecule has 1 aliphatic carbocycles. The lowest BCUT2D eigenvalue weighted by Gasteiger charge is -2.23. The molecule has 0 aromatic heterocycles. The van der Waals surface area contributed by atoms with Crippen LogP contribution in [0.5, 0.6) is 5.75 Å². The summed E-state index contributed by atoms with van der Waals surface area (Å²) in [7, 11) is 0. The van der Waals surface area contributed by atoms with E-state index in [1.807, 2.05) is 12.1 Å². The smallest absolute Gasteiger partial charge is 0.224 e. The van der Waals surface area contributed by atoms with Crippen molar-refractivity contribution >= 4 is 18.3 Å². The SMILES string of the molecule is Cl.O=C(NCc1ccc(OC2CCCCC2)cc1)C1CCCNC1. The molecule has 0 radical (unpaired) electrons. The standard InChI is InChI=1S/C19H28N2O2.ClH/c22-19(16-5-4-12-20-14-16)21-13-15-8-10-18(11-9-15)23-17-6-2-1-3-7-17;/h8-11,16-17,20H,1-7,12-14H2,(H,21,22);1H. The van der Waals surface area contributed by atoms with E-state index in [4.69, 9.17) is 4.74 Å². The zero-order valence-electron chi connectivity index (χ0n) is 14.3. The second-order valence-electron chi connectivity index (χ2n) is 6.78. The molecule has 2 N–H and O–H groups in total. The van der Waals surface area contributed by atoms with E-state index in [0.717, 1.165) is 37.2 Å². The quantitative estimate of drug-likeness (QED) is 0.853.